The molecule has 94 valence electrons. The first-order valence-electron chi connectivity index (χ1n) is 5.00. The number of ether oxygens (including phenoxy) is 1. The van der Waals surface area contributed by atoms with Crippen LogP contribution in [0.25, 0.3) is 0 Å². The Kier molecular flexibility index (Phi) is 4.22. The summed E-state index contributed by atoms with van der Waals surface area (Å²) in [6, 6.07) is 0. The van der Waals surface area contributed by atoms with Gasteiger partial charge in [0.25, 0.3) is 5.91 Å². The predicted molar refractivity (Wildman–Crippen MR) is 58.3 cm³/mol. The molecule has 1 amide bonds. The first kappa shape index (κ1) is 13.2. The van der Waals surface area contributed by atoms with E-state index in [-0.39, 0.29) is 6.54 Å². The number of hydrogen-bond acceptors (Lipinski definition) is 5. The summed E-state index contributed by atoms with van der Waals surface area (Å²) in [5, 5.41) is 15.6. The highest BCUT2D eigenvalue weighted by Gasteiger charge is 2.18. The van der Waals surface area contributed by atoms with Gasteiger partial charge in [-0.1, -0.05) is 0 Å². The first-order valence-corrected chi connectivity index (χ1v) is 5.00. The number of aliphatic hydroxyl groups excluding tert-OH is 1. The molecule has 0 aliphatic heterocycles. The van der Waals surface area contributed by atoms with Crippen LogP contribution in [0.5, 0.6) is 0 Å². The monoisotopic (exact) mass is 241 g/mol. The van der Waals surface area contributed by atoms with Crippen molar-refractivity contribution in [2.45, 2.75) is 13.0 Å². The Morgan fingerprint density at radius 3 is 2.76 bits per heavy atom. The molecule has 7 heteroatoms. The third-order valence-electron chi connectivity index (χ3n) is 2.41. The molecule has 0 aliphatic carbocycles. The minimum atomic E-state index is -1.36. The van der Waals surface area contributed by atoms with E-state index >= 15 is 0 Å². The van der Waals surface area contributed by atoms with E-state index in [4.69, 9.17) is 0 Å². The molecule has 0 fully saturated rings. The van der Waals surface area contributed by atoms with Crippen molar-refractivity contribution in [2.75, 3.05) is 13.7 Å². The van der Waals surface area contributed by atoms with E-state index in [2.05, 4.69) is 15.2 Å². The predicted octanol–water partition coefficient (Wildman–Crippen LogP) is -1.01. The maximum atomic E-state index is 11.7. The molecular weight excluding hydrogens is 226 g/mol. The van der Waals surface area contributed by atoms with Crippen molar-refractivity contribution in [3.05, 3.63) is 17.5 Å². The number of esters is 1. The fraction of sp³-hybridized carbons (Fsp3) is 0.500. The number of methoxy groups -OCH3 is 1. The zero-order valence-electron chi connectivity index (χ0n) is 9.93. The third kappa shape index (κ3) is 3.04. The van der Waals surface area contributed by atoms with Crippen molar-refractivity contribution in [3.63, 3.8) is 0 Å². The van der Waals surface area contributed by atoms with Crippen LogP contribution >= 0.6 is 0 Å². The van der Waals surface area contributed by atoms with Gasteiger partial charge in [0.15, 0.2) is 6.10 Å². The lowest BCUT2D eigenvalue weighted by Gasteiger charge is -2.09. The minimum absolute atomic E-state index is 0.195. The lowest BCUT2D eigenvalue weighted by Crippen LogP contribution is -2.37. The molecule has 0 aromatic carbocycles. The number of rotatable bonds is 4. The number of nitrogens with one attached hydrogen (secondary N) is 1. The van der Waals surface area contributed by atoms with E-state index in [0.717, 1.165) is 0 Å². The zero-order chi connectivity index (χ0) is 13.0. The number of carbonyl (C=O) groups is 2. The number of aryl methyl sites for hydroxylation is 1. The molecular formula is C10H15N3O4. The summed E-state index contributed by atoms with van der Waals surface area (Å²) < 4.78 is 5.88. The van der Waals surface area contributed by atoms with E-state index in [0.29, 0.717) is 11.3 Å². The zero-order valence-corrected chi connectivity index (χ0v) is 9.93. The molecule has 0 bridgehead atoms. The SMILES string of the molecule is COC(=O)C(O)CNC(=O)c1cnn(C)c1C. The number of hydrogen-bond donors (Lipinski definition) is 2. The van der Waals surface area contributed by atoms with Crippen molar-refractivity contribution in [3.8, 4) is 0 Å². The summed E-state index contributed by atoms with van der Waals surface area (Å²) >= 11 is 0. The second-order valence-electron chi connectivity index (χ2n) is 3.52. The second-order valence-corrected chi connectivity index (χ2v) is 3.52. The smallest absolute Gasteiger partial charge is 0.336 e. The van der Waals surface area contributed by atoms with Gasteiger partial charge in [-0.3, -0.25) is 9.48 Å². The van der Waals surface area contributed by atoms with Crippen LogP contribution in [0.1, 0.15) is 16.1 Å². The van der Waals surface area contributed by atoms with Crippen LogP contribution in [-0.4, -0.2) is 46.5 Å². The van der Waals surface area contributed by atoms with Gasteiger partial charge in [-0.2, -0.15) is 5.10 Å². The van der Waals surface area contributed by atoms with Gasteiger partial charge in [0.1, 0.15) is 0 Å². The Bertz CT molecular complexity index is 427. The lowest BCUT2D eigenvalue weighted by atomic mass is 10.2. The molecule has 0 radical (unpaired) electrons. The normalized spacial score (nSPS) is 12.0. The van der Waals surface area contributed by atoms with Crippen LogP contribution in [0.3, 0.4) is 0 Å². The maximum absolute atomic E-state index is 11.7. The summed E-state index contributed by atoms with van der Waals surface area (Å²) in [6.45, 7) is 1.55. The Hall–Kier alpha value is -1.89. The molecule has 0 saturated heterocycles. The van der Waals surface area contributed by atoms with Crippen LogP contribution < -0.4 is 5.32 Å². The van der Waals surface area contributed by atoms with Crippen molar-refractivity contribution in [1.82, 2.24) is 15.1 Å². The topological polar surface area (TPSA) is 93.4 Å². The molecule has 0 aliphatic rings. The molecule has 1 heterocycles. The first-order chi connectivity index (χ1) is 7.97. The summed E-state index contributed by atoms with van der Waals surface area (Å²) in [4.78, 5) is 22.6. The highest BCUT2D eigenvalue weighted by atomic mass is 16.5. The fourth-order valence-corrected chi connectivity index (χ4v) is 1.23. The van der Waals surface area contributed by atoms with Crippen LogP contribution in [-0.2, 0) is 16.6 Å². The van der Waals surface area contributed by atoms with Crippen molar-refractivity contribution in [2.24, 2.45) is 7.05 Å². The molecule has 17 heavy (non-hydrogen) atoms. The molecule has 2 N–H and O–H groups in total. The fourth-order valence-electron chi connectivity index (χ4n) is 1.23. The number of amides is 1. The van der Waals surface area contributed by atoms with Crippen LogP contribution in [0.4, 0.5) is 0 Å². The Labute approximate surface area is 98.4 Å². The van der Waals surface area contributed by atoms with Gasteiger partial charge in [0.2, 0.25) is 0 Å². The van der Waals surface area contributed by atoms with Gasteiger partial charge in [0, 0.05) is 12.7 Å². The number of nitrogens with zero attached hydrogens (tertiary/aromatic N) is 2. The van der Waals surface area contributed by atoms with Gasteiger partial charge >= 0.3 is 5.97 Å². The highest BCUT2D eigenvalue weighted by Crippen LogP contribution is 2.04. The van der Waals surface area contributed by atoms with Crippen molar-refractivity contribution in [1.29, 1.82) is 0 Å². The Morgan fingerprint density at radius 2 is 2.29 bits per heavy atom. The van der Waals surface area contributed by atoms with E-state index in [1.165, 1.54) is 13.3 Å². The molecule has 1 aromatic heterocycles. The van der Waals surface area contributed by atoms with Crippen LogP contribution in [0.2, 0.25) is 0 Å². The van der Waals surface area contributed by atoms with Crippen molar-refractivity contribution < 1.29 is 19.4 Å². The molecule has 1 rings (SSSR count). The minimum Gasteiger partial charge on any atom is -0.467 e. The molecule has 0 saturated carbocycles. The maximum Gasteiger partial charge on any atom is 0.336 e. The van der Waals surface area contributed by atoms with E-state index < -0.39 is 18.0 Å². The molecule has 1 atom stereocenters. The largest absolute Gasteiger partial charge is 0.467 e. The highest BCUT2D eigenvalue weighted by molar-refractivity contribution is 5.95. The van der Waals surface area contributed by atoms with Crippen LogP contribution in [0.15, 0.2) is 6.20 Å². The van der Waals surface area contributed by atoms with E-state index in [1.807, 2.05) is 0 Å². The van der Waals surface area contributed by atoms with Crippen molar-refractivity contribution >= 4 is 11.9 Å². The quantitative estimate of drug-likeness (QED) is 0.659. The Morgan fingerprint density at radius 1 is 1.65 bits per heavy atom. The summed E-state index contributed by atoms with van der Waals surface area (Å²) in [6.07, 6.45) is 0.0655. The van der Waals surface area contributed by atoms with Gasteiger partial charge in [0.05, 0.1) is 25.4 Å². The van der Waals surface area contributed by atoms with E-state index in [9.17, 15) is 14.7 Å². The average Bonchev–Trinajstić information content (AvgIpc) is 2.65. The average molecular weight is 241 g/mol. The Balaban J connectivity index is 2.56. The lowest BCUT2D eigenvalue weighted by molar-refractivity contribution is -0.149. The molecule has 0 spiro atoms. The van der Waals surface area contributed by atoms with Gasteiger partial charge in [-0.25, -0.2) is 4.79 Å². The molecule has 1 unspecified atom stereocenters. The van der Waals surface area contributed by atoms with Gasteiger partial charge in [-0.15, -0.1) is 0 Å². The van der Waals surface area contributed by atoms with E-state index in [1.54, 1.807) is 18.7 Å². The second kappa shape index (κ2) is 5.44. The molecule has 1 aromatic rings. The third-order valence-corrected chi connectivity index (χ3v) is 2.41. The standard InChI is InChI=1S/C10H15N3O4/c1-6-7(4-12-13(6)2)9(15)11-5-8(14)10(16)17-3/h4,8,14H,5H2,1-3H3,(H,11,15). The summed E-state index contributed by atoms with van der Waals surface area (Å²) in [5.74, 6) is -1.17. The summed E-state index contributed by atoms with van der Waals surface area (Å²) in [7, 11) is 2.88. The number of aliphatic hydroxyl groups is 1. The number of carbonyl (C=O) groups excluding carboxylic acids is 2. The molecule has 7 nitrogen and oxygen atoms in total. The van der Waals surface area contributed by atoms with Gasteiger partial charge in [-0.05, 0) is 6.92 Å². The number of aromatic nitrogens is 2. The van der Waals surface area contributed by atoms with Crippen LogP contribution in [0, 0.1) is 6.92 Å². The van der Waals surface area contributed by atoms with Gasteiger partial charge < -0.3 is 15.2 Å². The summed E-state index contributed by atoms with van der Waals surface area (Å²) in [5.41, 5.74) is 1.11.